The molecule has 1 fully saturated rings. The minimum Gasteiger partial charge on any atom is -0.361 e. The zero-order valence-corrected chi connectivity index (χ0v) is 12.1. The Morgan fingerprint density at radius 3 is 2.76 bits per heavy atom. The maximum atomic E-state index is 4.52. The van der Waals surface area contributed by atoms with Crippen molar-refractivity contribution in [3.05, 3.63) is 10.6 Å². The van der Waals surface area contributed by atoms with Crippen molar-refractivity contribution in [2.45, 2.75) is 40.2 Å². The Hall–Kier alpha value is -0.610. The van der Waals surface area contributed by atoms with Gasteiger partial charge < -0.3 is 10.2 Å². The fourth-order valence-corrected chi connectivity index (χ4v) is 3.10. The summed E-state index contributed by atoms with van der Waals surface area (Å²) in [5.41, 5.74) is 1.16. The summed E-state index contributed by atoms with van der Waals surface area (Å²) in [6, 6.07) is 0.685. The molecule has 1 aliphatic heterocycles. The molecule has 0 aromatic carbocycles. The minimum atomic E-state index is 0.685. The van der Waals surface area contributed by atoms with Crippen molar-refractivity contribution in [3.63, 3.8) is 0 Å². The number of anilines is 1. The predicted molar refractivity (Wildman–Crippen MR) is 74.9 cm³/mol. The lowest BCUT2D eigenvalue weighted by Crippen LogP contribution is -2.29. The monoisotopic (exact) mass is 253 g/mol. The van der Waals surface area contributed by atoms with Crippen LogP contribution >= 0.6 is 11.3 Å². The Bertz CT molecular complexity index is 353. The molecule has 1 N–H and O–H groups in total. The van der Waals surface area contributed by atoms with E-state index >= 15 is 0 Å². The van der Waals surface area contributed by atoms with Crippen molar-refractivity contribution in [1.29, 1.82) is 0 Å². The van der Waals surface area contributed by atoms with Crippen LogP contribution < -0.4 is 5.32 Å². The quantitative estimate of drug-likeness (QED) is 0.894. The van der Waals surface area contributed by atoms with Gasteiger partial charge in [-0.25, -0.2) is 4.98 Å². The van der Waals surface area contributed by atoms with E-state index in [9.17, 15) is 0 Å². The molecule has 2 heterocycles. The standard InChI is InChI=1S/C13H23N3S/c1-9(2)16-6-5-12(8-16)7-14-13-15-10(3)11(4)17-13/h9,12H,5-8H2,1-4H3,(H,14,15). The zero-order chi connectivity index (χ0) is 12.4. The van der Waals surface area contributed by atoms with Crippen LogP contribution in [0, 0.1) is 19.8 Å². The summed E-state index contributed by atoms with van der Waals surface area (Å²) >= 11 is 1.77. The topological polar surface area (TPSA) is 28.2 Å². The predicted octanol–water partition coefficient (Wildman–Crippen LogP) is 2.90. The van der Waals surface area contributed by atoms with E-state index in [-0.39, 0.29) is 0 Å². The van der Waals surface area contributed by atoms with Gasteiger partial charge in [-0.1, -0.05) is 0 Å². The second kappa shape index (κ2) is 5.36. The molecule has 96 valence electrons. The molecule has 0 amide bonds. The molecule has 0 saturated carbocycles. The molecule has 3 nitrogen and oxygen atoms in total. The summed E-state index contributed by atoms with van der Waals surface area (Å²) in [4.78, 5) is 8.40. The summed E-state index contributed by atoms with van der Waals surface area (Å²) in [5.74, 6) is 0.780. The smallest absolute Gasteiger partial charge is 0.183 e. The highest BCUT2D eigenvalue weighted by Gasteiger charge is 2.23. The van der Waals surface area contributed by atoms with Gasteiger partial charge >= 0.3 is 0 Å². The van der Waals surface area contributed by atoms with Gasteiger partial charge in [0.1, 0.15) is 0 Å². The lowest BCUT2D eigenvalue weighted by molar-refractivity contribution is 0.266. The van der Waals surface area contributed by atoms with Gasteiger partial charge in [0.25, 0.3) is 0 Å². The number of nitrogens with one attached hydrogen (secondary N) is 1. The number of hydrogen-bond acceptors (Lipinski definition) is 4. The van der Waals surface area contributed by atoms with Crippen molar-refractivity contribution < 1.29 is 0 Å². The second-order valence-electron chi connectivity index (χ2n) is 5.28. The molecule has 1 atom stereocenters. The van der Waals surface area contributed by atoms with Crippen LogP contribution in [0.1, 0.15) is 30.8 Å². The first-order chi connectivity index (χ1) is 8.06. The van der Waals surface area contributed by atoms with Crippen LogP contribution in [-0.2, 0) is 0 Å². The number of nitrogens with zero attached hydrogens (tertiary/aromatic N) is 2. The maximum Gasteiger partial charge on any atom is 0.183 e. The minimum absolute atomic E-state index is 0.685. The first-order valence-corrected chi connectivity index (χ1v) is 7.30. The highest BCUT2D eigenvalue weighted by Crippen LogP contribution is 2.23. The lowest BCUT2D eigenvalue weighted by Gasteiger charge is -2.20. The molecule has 1 saturated heterocycles. The van der Waals surface area contributed by atoms with Gasteiger partial charge in [-0.2, -0.15) is 0 Å². The molecule has 1 unspecified atom stereocenters. The van der Waals surface area contributed by atoms with Crippen LogP contribution in [0.15, 0.2) is 0 Å². The molecule has 1 aliphatic rings. The summed E-state index contributed by atoms with van der Waals surface area (Å²) in [6.07, 6.45) is 1.31. The normalized spacial score (nSPS) is 21.4. The van der Waals surface area contributed by atoms with Crippen molar-refractivity contribution in [2.75, 3.05) is 25.0 Å². The lowest BCUT2D eigenvalue weighted by atomic mass is 10.1. The van der Waals surface area contributed by atoms with Gasteiger partial charge in [0.15, 0.2) is 5.13 Å². The van der Waals surface area contributed by atoms with Crippen LogP contribution in [0.3, 0.4) is 0 Å². The number of rotatable bonds is 4. The van der Waals surface area contributed by atoms with E-state index in [2.05, 4.69) is 42.9 Å². The molecular formula is C13H23N3S. The Morgan fingerprint density at radius 1 is 1.47 bits per heavy atom. The molecule has 4 heteroatoms. The number of aromatic nitrogens is 1. The van der Waals surface area contributed by atoms with Gasteiger partial charge in [-0.15, -0.1) is 11.3 Å². The fourth-order valence-electron chi connectivity index (χ4n) is 2.28. The third-order valence-corrected chi connectivity index (χ3v) is 4.65. The molecule has 0 aliphatic carbocycles. The van der Waals surface area contributed by atoms with Crippen molar-refractivity contribution in [2.24, 2.45) is 5.92 Å². The van der Waals surface area contributed by atoms with E-state index in [4.69, 9.17) is 0 Å². The Kier molecular flexibility index (Phi) is 4.05. The third-order valence-electron chi connectivity index (χ3n) is 3.62. The Morgan fingerprint density at radius 2 is 2.24 bits per heavy atom. The van der Waals surface area contributed by atoms with Crippen molar-refractivity contribution in [1.82, 2.24) is 9.88 Å². The number of aryl methyl sites for hydroxylation is 2. The first kappa shape index (κ1) is 12.8. The molecule has 0 radical (unpaired) electrons. The van der Waals surface area contributed by atoms with Crippen molar-refractivity contribution >= 4 is 16.5 Å². The Balaban J connectivity index is 1.80. The molecule has 1 aromatic heterocycles. The number of likely N-dealkylation sites (tertiary alicyclic amines) is 1. The molecule has 0 spiro atoms. The van der Waals surface area contributed by atoms with Gasteiger partial charge in [0.2, 0.25) is 0 Å². The van der Waals surface area contributed by atoms with Crippen LogP contribution in [0.2, 0.25) is 0 Å². The van der Waals surface area contributed by atoms with Gasteiger partial charge in [0.05, 0.1) is 5.69 Å². The Labute approximate surface area is 108 Å². The molecule has 0 bridgehead atoms. The molecule has 17 heavy (non-hydrogen) atoms. The average Bonchev–Trinajstić information content (AvgIpc) is 2.84. The molecule has 2 rings (SSSR count). The number of hydrogen-bond donors (Lipinski definition) is 1. The van der Waals surface area contributed by atoms with E-state index in [1.807, 2.05) is 0 Å². The number of thiazole rings is 1. The summed E-state index contributed by atoms with van der Waals surface area (Å²) in [7, 11) is 0. The molecular weight excluding hydrogens is 230 g/mol. The van der Waals surface area contributed by atoms with E-state index in [0.717, 1.165) is 23.3 Å². The highest BCUT2D eigenvalue weighted by atomic mass is 32.1. The molecule has 1 aromatic rings. The van der Waals surface area contributed by atoms with Crippen LogP contribution in [0.25, 0.3) is 0 Å². The average molecular weight is 253 g/mol. The third kappa shape index (κ3) is 3.19. The van der Waals surface area contributed by atoms with Gasteiger partial charge in [0, 0.05) is 24.0 Å². The zero-order valence-electron chi connectivity index (χ0n) is 11.3. The van der Waals surface area contributed by atoms with Gasteiger partial charge in [-0.05, 0) is 46.6 Å². The van der Waals surface area contributed by atoms with Crippen molar-refractivity contribution in [3.8, 4) is 0 Å². The van der Waals surface area contributed by atoms with E-state index < -0.39 is 0 Å². The SMILES string of the molecule is Cc1nc(NCC2CCN(C(C)C)C2)sc1C. The van der Waals surface area contributed by atoms with Gasteiger partial charge in [-0.3, -0.25) is 0 Å². The van der Waals surface area contributed by atoms with E-state index in [1.54, 1.807) is 11.3 Å². The van der Waals surface area contributed by atoms with Crippen LogP contribution in [0.5, 0.6) is 0 Å². The second-order valence-corrected chi connectivity index (χ2v) is 6.49. The van der Waals surface area contributed by atoms with E-state index in [0.29, 0.717) is 6.04 Å². The van der Waals surface area contributed by atoms with E-state index in [1.165, 1.54) is 24.4 Å². The summed E-state index contributed by atoms with van der Waals surface area (Å²) in [6.45, 7) is 12.3. The first-order valence-electron chi connectivity index (χ1n) is 6.48. The fraction of sp³-hybridized carbons (Fsp3) is 0.769. The largest absolute Gasteiger partial charge is 0.361 e. The highest BCUT2D eigenvalue weighted by molar-refractivity contribution is 7.15. The van der Waals surface area contributed by atoms with Crippen LogP contribution in [0.4, 0.5) is 5.13 Å². The summed E-state index contributed by atoms with van der Waals surface area (Å²) < 4.78 is 0. The maximum absolute atomic E-state index is 4.52. The van der Waals surface area contributed by atoms with Crippen LogP contribution in [-0.4, -0.2) is 35.6 Å². The summed E-state index contributed by atoms with van der Waals surface area (Å²) in [5, 5.41) is 4.57.